The van der Waals surface area contributed by atoms with Crippen molar-refractivity contribution in [1.82, 2.24) is 15.5 Å². The minimum Gasteiger partial charge on any atom is -0.508 e. The standard InChI is InChI=1S/C23H35N3O8S/c1-23(2,3)34-22(32)25-17(10-13-35-5)21(31)26(11-12-27)19(15-6-8-16(28)9-7-15)20(30)24-14-18(29)33-4/h6-9,17,19,27-28H,10-14H2,1-5H3,(H,24,30)(H,25,32). The van der Waals surface area contributed by atoms with Crippen molar-refractivity contribution in [3.05, 3.63) is 29.8 Å². The number of thioether (sulfide) groups is 1. The Bertz CT molecular complexity index is 857. The van der Waals surface area contributed by atoms with Gasteiger partial charge < -0.3 is 35.2 Å². The van der Waals surface area contributed by atoms with Gasteiger partial charge >= 0.3 is 12.1 Å². The van der Waals surface area contributed by atoms with Crippen LogP contribution in [0.4, 0.5) is 4.79 Å². The van der Waals surface area contributed by atoms with Crippen LogP contribution in [0.3, 0.4) is 0 Å². The first-order valence-corrected chi connectivity index (χ1v) is 12.4. The zero-order chi connectivity index (χ0) is 26.6. The number of esters is 1. The number of phenols is 1. The Morgan fingerprint density at radius 1 is 1.14 bits per heavy atom. The molecule has 0 saturated heterocycles. The third kappa shape index (κ3) is 10.4. The summed E-state index contributed by atoms with van der Waals surface area (Å²) < 4.78 is 9.84. The number of phenolic OH excluding ortho intramolecular Hbond substituents is 1. The van der Waals surface area contributed by atoms with E-state index in [4.69, 9.17) is 4.74 Å². The van der Waals surface area contributed by atoms with Crippen LogP contribution in [0.2, 0.25) is 0 Å². The molecule has 1 aromatic carbocycles. The SMILES string of the molecule is COC(=O)CNC(=O)C(c1ccc(O)cc1)N(CCO)C(=O)C(CCSC)NC(=O)OC(C)(C)C. The molecule has 0 radical (unpaired) electrons. The van der Waals surface area contributed by atoms with E-state index in [0.29, 0.717) is 11.3 Å². The summed E-state index contributed by atoms with van der Waals surface area (Å²) in [6.07, 6.45) is 1.30. The Labute approximate surface area is 209 Å². The van der Waals surface area contributed by atoms with Crippen LogP contribution in [0.15, 0.2) is 24.3 Å². The normalized spacial score (nSPS) is 12.7. The fraction of sp³-hybridized carbons (Fsp3) is 0.565. The number of ether oxygens (including phenoxy) is 2. The summed E-state index contributed by atoms with van der Waals surface area (Å²) in [5, 5.41) is 24.4. The molecule has 3 amide bonds. The summed E-state index contributed by atoms with van der Waals surface area (Å²) in [6, 6.07) is 3.29. The molecule has 0 bridgehead atoms. The summed E-state index contributed by atoms with van der Waals surface area (Å²) in [6.45, 7) is 3.94. The molecule has 0 spiro atoms. The average molecular weight is 514 g/mol. The Morgan fingerprint density at radius 3 is 2.29 bits per heavy atom. The molecule has 0 fully saturated rings. The van der Waals surface area contributed by atoms with Crippen molar-refractivity contribution in [1.29, 1.82) is 0 Å². The molecule has 0 aliphatic heterocycles. The summed E-state index contributed by atoms with van der Waals surface area (Å²) in [7, 11) is 1.17. The van der Waals surface area contributed by atoms with Crippen LogP contribution < -0.4 is 10.6 Å². The van der Waals surface area contributed by atoms with E-state index >= 15 is 0 Å². The first-order valence-electron chi connectivity index (χ1n) is 11.0. The number of rotatable bonds is 12. The lowest BCUT2D eigenvalue weighted by atomic mass is 10.0. The van der Waals surface area contributed by atoms with Crippen LogP contribution in [-0.4, -0.2) is 89.4 Å². The lowest BCUT2D eigenvalue weighted by molar-refractivity contribution is -0.145. The van der Waals surface area contributed by atoms with E-state index in [9.17, 15) is 29.4 Å². The highest BCUT2D eigenvalue weighted by atomic mass is 32.2. The Hall–Kier alpha value is -2.99. The highest BCUT2D eigenvalue weighted by Crippen LogP contribution is 2.25. The second-order valence-corrected chi connectivity index (χ2v) is 9.51. The number of nitrogens with zero attached hydrogens (tertiary/aromatic N) is 1. The Balaban J connectivity index is 3.35. The maximum atomic E-state index is 13.6. The van der Waals surface area contributed by atoms with E-state index in [1.54, 1.807) is 20.8 Å². The lowest BCUT2D eigenvalue weighted by Crippen LogP contribution is -2.54. The van der Waals surface area contributed by atoms with Crippen LogP contribution in [0.1, 0.15) is 38.8 Å². The number of hydrogen-bond donors (Lipinski definition) is 4. The molecular formula is C23H35N3O8S. The number of methoxy groups -OCH3 is 1. The number of carbonyl (C=O) groups is 4. The third-order valence-corrected chi connectivity index (χ3v) is 5.27. The topological polar surface area (TPSA) is 154 Å². The first kappa shape index (κ1) is 30.0. The molecule has 1 rings (SSSR count). The van der Waals surface area contributed by atoms with Crippen molar-refractivity contribution in [2.75, 3.05) is 38.8 Å². The minimum absolute atomic E-state index is 0.0491. The summed E-state index contributed by atoms with van der Waals surface area (Å²) >= 11 is 1.47. The van der Waals surface area contributed by atoms with Crippen LogP contribution in [0.5, 0.6) is 5.75 Å². The van der Waals surface area contributed by atoms with Gasteiger partial charge in [-0.15, -0.1) is 0 Å². The van der Waals surface area contributed by atoms with E-state index in [1.165, 1.54) is 43.1 Å². The molecule has 0 aliphatic rings. The van der Waals surface area contributed by atoms with Gasteiger partial charge in [-0.05, 0) is 56.9 Å². The molecule has 0 heterocycles. The fourth-order valence-electron chi connectivity index (χ4n) is 3.07. The Kier molecular flexibility index (Phi) is 12.4. The number of aromatic hydroxyl groups is 1. The number of aliphatic hydroxyl groups excluding tert-OH is 1. The first-order chi connectivity index (χ1) is 16.4. The van der Waals surface area contributed by atoms with Crippen molar-refractivity contribution in [3.8, 4) is 5.75 Å². The molecule has 12 heteroatoms. The number of nitrogens with one attached hydrogen (secondary N) is 2. The zero-order valence-corrected chi connectivity index (χ0v) is 21.5. The van der Waals surface area contributed by atoms with Gasteiger partial charge in [0.25, 0.3) is 0 Å². The molecule has 2 unspecified atom stereocenters. The second kappa shape index (κ2) is 14.4. The predicted octanol–water partition coefficient (Wildman–Crippen LogP) is 1.19. The summed E-state index contributed by atoms with van der Waals surface area (Å²) in [5.41, 5.74) is -0.461. The number of hydrogen-bond acceptors (Lipinski definition) is 9. The molecule has 11 nitrogen and oxygen atoms in total. The molecule has 2 atom stereocenters. The molecule has 0 aromatic heterocycles. The van der Waals surface area contributed by atoms with Crippen molar-refractivity contribution in [2.45, 2.75) is 44.9 Å². The molecule has 196 valence electrons. The highest BCUT2D eigenvalue weighted by molar-refractivity contribution is 7.98. The van der Waals surface area contributed by atoms with Gasteiger partial charge in [0.1, 0.15) is 30.0 Å². The Morgan fingerprint density at radius 2 is 1.77 bits per heavy atom. The predicted molar refractivity (Wildman–Crippen MR) is 131 cm³/mol. The van der Waals surface area contributed by atoms with E-state index in [1.807, 2.05) is 6.26 Å². The molecule has 4 N–H and O–H groups in total. The van der Waals surface area contributed by atoms with Gasteiger partial charge in [-0.3, -0.25) is 14.4 Å². The van der Waals surface area contributed by atoms with Gasteiger partial charge in [-0.1, -0.05) is 12.1 Å². The maximum Gasteiger partial charge on any atom is 0.408 e. The molecule has 0 aliphatic carbocycles. The van der Waals surface area contributed by atoms with Crippen molar-refractivity contribution in [3.63, 3.8) is 0 Å². The van der Waals surface area contributed by atoms with Gasteiger partial charge in [-0.25, -0.2) is 4.79 Å². The fourth-order valence-corrected chi connectivity index (χ4v) is 3.55. The van der Waals surface area contributed by atoms with Crippen molar-refractivity contribution >= 4 is 35.6 Å². The smallest absolute Gasteiger partial charge is 0.408 e. The highest BCUT2D eigenvalue weighted by Gasteiger charge is 2.36. The van der Waals surface area contributed by atoms with Gasteiger partial charge in [0.2, 0.25) is 11.8 Å². The number of carbonyl (C=O) groups excluding carboxylic acids is 4. The van der Waals surface area contributed by atoms with E-state index in [2.05, 4.69) is 15.4 Å². The van der Waals surface area contributed by atoms with Crippen LogP contribution in [0.25, 0.3) is 0 Å². The molecule has 1 aromatic rings. The number of aliphatic hydroxyl groups is 1. The number of alkyl carbamates (subject to hydrolysis) is 1. The van der Waals surface area contributed by atoms with Crippen molar-refractivity contribution in [2.24, 2.45) is 0 Å². The molecule has 0 saturated carbocycles. The number of amides is 3. The summed E-state index contributed by atoms with van der Waals surface area (Å²) in [4.78, 5) is 51.9. The van der Waals surface area contributed by atoms with Gasteiger partial charge in [-0.2, -0.15) is 11.8 Å². The zero-order valence-electron chi connectivity index (χ0n) is 20.7. The van der Waals surface area contributed by atoms with Crippen LogP contribution in [0, 0.1) is 0 Å². The largest absolute Gasteiger partial charge is 0.508 e. The van der Waals surface area contributed by atoms with E-state index < -0.39 is 54.7 Å². The minimum atomic E-state index is -1.27. The van der Waals surface area contributed by atoms with E-state index in [0.717, 1.165) is 4.90 Å². The quantitative estimate of drug-likeness (QED) is 0.302. The molecule has 35 heavy (non-hydrogen) atoms. The second-order valence-electron chi connectivity index (χ2n) is 8.52. The van der Waals surface area contributed by atoms with Gasteiger partial charge in [0, 0.05) is 6.54 Å². The average Bonchev–Trinajstić information content (AvgIpc) is 2.79. The van der Waals surface area contributed by atoms with E-state index in [-0.39, 0.29) is 18.7 Å². The van der Waals surface area contributed by atoms with Gasteiger partial charge in [0.05, 0.1) is 13.7 Å². The lowest BCUT2D eigenvalue weighted by Gasteiger charge is -2.34. The van der Waals surface area contributed by atoms with Crippen LogP contribution >= 0.6 is 11.8 Å². The monoisotopic (exact) mass is 513 g/mol. The molecular weight excluding hydrogens is 478 g/mol. The maximum absolute atomic E-state index is 13.6. The van der Waals surface area contributed by atoms with Crippen LogP contribution in [-0.2, 0) is 23.9 Å². The summed E-state index contributed by atoms with van der Waals surface area (Å²) in [5.74, 6) is -1.54. The number of benzene rings is 1. The van der Waals surface area contributed by atoms with Gasteiger partial charge in [0.15, 0.2) is 0 Å². The third-order valence-electron chi connectivity index (χ3n) is 4.63. The van der Waals surface area contributed by atoms with Crippen molar-refractivity contribution < 1.29 is 38.9 Å².